The number of nitrogens with zero attached hydrogens (tertiary/aromatic N) is 3. The van der Waals surface area contributed by atoms with Gasteiger partial charge in [0.2, 0.25) is 9.84 Å². The summed E-state index contributed by atoms with van der Waals surface area (Å²) in [6.45, 7) is 6.01. The molecule has 1 N–H and O–H groups in total. The van der Waals surface area contributed by atoms with Crippen molar-refractivity contribution in [1.82, 2.24) is 9.88 Å². The van der Waals surface area contributed by atoms with Crippen LogP contribution >= 0.6 is 0 Å². The molecule has 43 heavy (non-hydrogen) atoms. The van der Waals surface area contributed by atoms with Crippen LogP contribution in [0.1, 0.15) is 64.7 Å². The maximum Gasteiger partial charge on any atom is 0.210 e. The number of piperidine rings is 2. The molecule has 2 aliphatic heterocycles. The average molecular weight is 628 g/mol. The van der Waals surface area contributed by atoms with Gasteiger partial charge < -0.3 is 19.6 Å². The molecule has 1 unspecified atom stereocenters. The summed E-state index contributed by atoms with van der Waals surface area (Å²) in [5.41, 5.74) is 1.31. The van der Waals surface area contributed by atoms with Crippen molar-refractivity contribution in [2.24, 2.45) is 0 Å². The number of fused-ring (bicyclic) bond motifs is 1. The van der Waals surface area contributed by atoms with E-state index in [-0.39, 0.29) is 15.9 Å². The average Bonchev–Trinajstić information content (AvgIpc) is 3.02. The van der Waals surface area contributed by atoms with Crippen molar-refractivity contribution < 1.29 is 22.5 Å². The number of anilines is 1. The maximum absolute atomic E-state index is 14.2. The molecule has 0 bridgehead atoms. The second-order valence-electron chi connectivity index (χ2n) is 11.8. The molecule has 0 amide bonds. The maximum atomic E-state index is 14.2. The second kappa shape index (κ2) is 14.5. The number of rotatable bonds is 12. The van der Waals surface area contributed by atoms with Gasteiger partial charge in [0, 0.05) is 65.8 Å². The topological polar surface area (TPSA) is 100 Å². The van der Waals surface area contributed by atoms with Gasteiger partial charge in [0.1, 0.15) is 10.6 Å². The van der Waals surface area contributed by atoms with Gasteiger partial charge in [0.15, 0.2) is 0 Å². The van der Waals surface area contributed by atoms with Crippen LogP contribution in [-0.2, 0) is 20.6 Å². The van der Waals surface area contributed by atoms with Crippen LogP contribution in [0.2, 0.25) is 0 Å². The summed E-state index contributed by atoms with van der Waals surface area (Å²) in [6.07, 6.45) is 12.1. The zero-order valence-electron chi connectivity index (χ0n) is 25.4. The lowest BCUT2D eigenvalue weighted by Gasteiger charge is -2.42. The highest BCUT2D eigenvalue weighted by molar-refractivity contribution is 7.91. The third kappa shape index (κ3) is 7.59. The first-order valence-electron chi connectivity index (χ1n) is 15.7. The Morgan fingerprint density at radius 3 is 2.33 bits per heavy atom. The second-order valence-corrected chi connectivity index (χ2v) is 15.1. The van der Waals surface area contributed by atoms with Crippen molar-refractivity contribution in [3.63, 3.8) is 0 Å². The summed E-state index contributed by atoms with van der Waals surface area (Å²) < 4.78 is 46.6. The summed E-state index contributed by atoms with van der Waals surface area (Å²) in [4.78, 5) is 10.2. The first-order chi connectivity index (χ1) is 20.8. The Bertz CT molecular complexity index is 1500. The van der Waals surface area contributed by atoms with Crippen molar-refractivity contribution in [2.75, 3.05) is 43.9 Å². The van der Waals surface area contributed by atoms with Gasteiger partial charge in [-0.15, -0.1) is 0 Å². The highest BCUT2D eigenvalue weighted by Crippen LogP contribution is 2.38. The predicted molar refractivity (Wildman–Crippen MR) is 172 cm³/mol. The minimum atomic E-state index is -3.91. The number of ether oxygens (including phenoxy) is 1. The number of unbranched alkanes of at least 4 members (excludes halogenated alkanes) is 4. The number of hydrogen-bond acceptors (Lipinski definition) is 8. The lowest BCUT2D eigenvalue weighted by molar-refractivity contribution is 0.0542. The zero-order valence-corrected chi connectivity index (χ0v) is 27.0. The molecular formula is C33H45N3O5S2. The largest absolute Gasteiger partial charge is 0.494 e. The molecule has 0 spiro atoms. The number of aromatic nitrogens is 1. The Balaban J connectivity index is 1.41. The summed E-state index contributed by atoms with van der Waals surface area (Å²) >= 11 is 0. The molecule has 3 aromatic rings. The van der Waals surface area contributed by atoms with Crippen molar-refractivity contribution in [1.29, 1.82) is 0 Å². The number of sulfone groups is 1. The first kappa shape index (κ1) is 31.9. The molecule has 2 fully saturated rings. The molecule has 1 aromatic heterocycles. The third-order valence-corrected chi connectivity index (χ3v) is 11.5. The smallest absolute Gasteiger partial charge is 0.210 e. The normalized spacial score (nSPS) is 18.3. The summed E-state index contributed by atoms with van der Waals surface area (Å²) in [5.74, 6) is 0.661. The number of hydrogen-bond donors (Lipinski definition) is 1. The van der Waals surface area contributed by atoms with Gasteiger partial charge in [-0.1, -0.05) is 32.6 Å². The number of aliphatic hydroxyl groups excluding tert-OH is 1. The van der Waals surface area contributed by atoms with Crippen molar-refractivity contribution >= 4 is 37.2 Å². The van der Waals surface area contributed by atoms with Gasteiger partial charge in [-0.3, -0.25) is 9.19 Å². The SMILES string of the molecule is CCCCCCCOc1ccc(S(=O)(=O)c2cnc3ccc(S(C)=O)cc3c2N2CCC(N3CCC(O)CC3)CC2)cc1. The van der Waals surface area contributed by atoms with Crippen LogP contribution in [-0.4, -0.2) is 78.8 Å². The van der Waals surface area contributed by atoms with E-state index in [0.717, 1.165) is 51.6 Å². The lowest BCUT2D eigenvalue weighted by atomic mass is 9.98. The fourth-order valence-corrected chi connectivity index (χ4v) is 8.26. The highest BCUT2D eigenvalue weighted by atomic mass is 32.2. The van der Waals surface area contributed by atoms with Crippen LogP contribution in [0.15, 0.2) is 63.3 Å². The molecule has 234 valence electrons. The Kier molecular flexibility index (Phi) is 10.8. The first-order valence-corrected chi connectivity index (χ1v) is 18.7. The number of benzene rings is 2. The van der Waals surface area contributed by atoms with E-state index in [0.29, 0.717) is 53.0 Å². The van der Waals surface area contributed by atoms with Gasteiger partial charge in [-0.05, 0) is 74.6 Å². The van der Waals surface area contributed by atoms with Crippen LogP contribution in [0.3, 0.4) is 0 Å². The minimum absolute atomic E-state index is 0.170. The Hall–Kier alpha value is -2.53. The minimum Gasteiger partial charge on any atom is -0.494 e. The highest BCUT2D eigenvalue weighted by Gasteiger charge is 2.32. The third-order valence-electron chi connectivity index (χ3n) is 8.85. The fraction of sp³-hybridized carbons (Fsp3) is 0.545. The molecule has 5 rings (SSSR count). The van der Waals surface area contributed by atoms with Crippen LogP contribution in [0, 0.1) is 0 Å². The van der Waals surface area contributed by atoms with E-state index >= 15 is 0 Å². The van der Waals surface area contributed by atoms with Crippen LogP contribution in [0.25, 0.3) is 10.9 Å². The van der Waals surface area contributed by atoms with E-state index in [2.05, 4.69) is 21.7 Å². The molecule has 8 nitrogen and oxygen atoms in total. The van der Waals surface area contributed by atoms with E-state index in [1.807, 2.05) is 12.1 Å². The van der Waals surface area contributed by atoms with Crippen LogP contribution in [0.4, 0.5) is 5.69 Å². The van der Waals surface area contributed by atoms with Crippen molar-refractivity contribution in [3.8, 4) is 5.75 Å². The molecule has 2 aromatic carbocycles. The van der Waals surface area contributed by atoms with Gasteiger partial charge in [-0.2, -0.15) is 0 Å². The van der Waals surface area contributed by atoms with Gasteiger partial charge >= 0.3 is 0 Å². The van der Waals surface area contributed by atoms with Gasteiger partial charge in [-0.25, -0.2) is 8.42 Å². The molecule has 10 heteroatoms. The van der Waals surface area contributed by atoms with Gasteiger partial charge in [0.25, 0.3) is 0 Å². The molecule has 0 saturated carbocycles. The molecule has 0 aliphatic carbocycles. The fourth-order valence-electron chi connectivity index (χ4n) is 6.28. The quantitative estimate of drug-likeness (QED) is 0.260. The van der Waals surface area contributed by atoms with E-state index in [9.17, 15) is 17.7 Å². The molecule has 2 saturated heterocycles. The number of pyridine rings is 1. The number of likely N-dealkylation sites (tertiary alicyclic amines) is 1. The van der Waals surface area contributed by atoms with Crippen LogP contribution in [0.5, 0.6) is 5.75 Å². The molecule has 0 radical (unpaired) electrons. The molecular weight excluding hydrogens is 583 g/mol. The van der Waals surface area contributed by atoms with E-state index in [1.54, 1.807) is 36.6 Å². The van der Waals surface area contributed by atoms with Gasteiger partial charge in [0.05, 0.1) is 28.8 Å². The van der Waals surface area contributed by atoms with E-state index < -0.39 is 20.6 Å². The zero-order chi connectivity index (χ0) is 30.4. The molecule has 1 atom stereocenters. The summed E-state index contributed by atoms with van der Waals surface area (Å²) in [6, 6.07) is 12.6. The number of aliphatic hydroxyl groups is 1. The van der Waals surface area contributed by atoms with E-state index in [1.165, 1.54) is 25.5 Å². The van der Waals surface area contributed by atoms with Crippen molar-refractivity contribution in [2.45, 2.75) is 91.5 Å². The summed E-state index contributed by atoms with van der Waals surface area (Å²) in [5, 5.41) is 10.6. The Labute approximate surface area is 258 Å². The summed E-state index contributed by atoms with van der Waals surface area (Å²) in [7, 11) is -5.13. The van der Waals surface area contributed by atoms with Crippen LogP contribution < -0.4 is 9.64 Å². The monoisotopic (exact) mass is 627 g/mol. The Morgan fingerprint density at radius 2 is 1.65 bits per heavy atom. The lowest BCUT2D eigenvalue weighted by Crippen LogP contribution is -2.48. The standard InChI is InChI=1S/C33H45N3O5S2/c1-3-4-5-6-7-22-41-27-8-11-29(12-9-27)43(39,40)32-24-34-31-13-10-28(42(2)38)23-30(31)33(32)36-18-14-25(15-19-36)35-20-16-26(37)17-21-35/h8-13,23-26,37H,3-7,14-22H2,1-2H3. The van der Waals surface area contributed by atoms with Crippen molar-refractivity contribution in [3.05, 3.63) is 48.7 Å². The molecule has 2 aliphatic rings. The Morgan fingerprint density at radius 1 is 0.953 bits per heavy atom. The van der Waals surface area contributed by atoms with E-state index in [4.69, 9.17) is 4.74 Å². The predicted octanol–water partition coefficient (Wildman–Crippen LogP) is 5.58. The molecule has 3 heterocycles.